The zero-order chi connectivity index (χ0) is 14.1. The highest BCUT2D eigenvalue weighted by atomic mass is 16.5. The molecule has 0 spiro atoms. The monoisotopic (exact) mass is 249 g/mol. The Labute approximate surface area is 109 Å². The minimum Gasteiger partial charge on any atom is -0.496 e. The summed E-state index contributed by atoms with van der Waals surface area (Å²) in [4.78, 5) is 12.3. The molecule has 0 fully saturated rings. The van der Waals surface area contributed by atoms with Gasteiger partial charge < -0.3 is 10.5 Å². The Morgan fingerprint density at radius 2 is 1.72 bits per heavy atom. The average molecular weight is 249 g/mol. The van der Waals surface area contributed by atoms with E-state index in [9.17, 15) is 4.79 Å². The molecule has 0 amide bonds. The van der Waals surface area contributed by atoms with E-state index in [-0.39, 0.29) is 11.2 Å². The fourth-order valence-corrected chi connectivity index (χ4v) is 1.70. The van der Waals surface area contributed by atoms with Crippen LogP contribution in [0.15, 0.2) is 18.2 Å². The summed E-state index contributed by atoms with van der Waals surface area (Å²) in [7, 11) is 1.56. The molecule has 1 rings (SSSR count). The first-order chi connectivity index (χ1) is 8.07. The normalized spacial score (nSPS) is 12.4. The summed E-state index contributed by atoms with van der Waals surface area (Å²) in [5.74, 6) is 0.469. The molecule has 3 nitrogen and oxygen atoms in total. The summed E-state index contributed by atoms with van der Waals surface area (Å²) in [6.45, 7) is 9.74. The number of carbonyl (C=O) groups excluding carboxylic acids is 1. The van der Waals surface area contributed by atoms with Crippen LogP contribution in [0, 0.1) is 0 Å². The molecular weight excluding hydrogens is 226 g/mol. The molecule has 0 aromatic heterocycles. The molecule has 2 N–H and O–H groups in total. The van der Waals surface area contributed by atoms with Gasteiger partial charge >= 0.3 is 0 Å². The first-order valence-electron chi connectivity index (χ1n) is 6.09. The van der Waals surface area contributed by atoms with E-state index >= 15 is 0 Å². The molecule has 18 heavy (non-hydrogen) atoms. The van der Waals surface area contributed by atoms with Crippen molar-refractivity contribution in [1.82, 2.24) is 0 Å². The van der Waals surface area contributed by atoms with Crippen molar-refractivity contribution in [3.05, 3.63) is 29.3 Å². The highest BCUT2D eigenvalue weighted by Gasteiger charge is 2.27. The van der Waals surface area contributed by atoms with E-state index in [0.29, 0.717) is 11.3 Å². The maximum absolute atomic E-state index is 12.3. The summed E-state index contributed by atoms with van der Waals surface area (Å²) in [5.41, 5.74) is 6.62. The van der Waals surface area contributed by atoms with Gasteiger partial charge in [-0.3, -0.25) is 4.79 Å². The fraction of sp³-hybridized carbons (Fsp3) is 0.533. The lowest BCUT2D eigenvalue weighted by atomic mass is 9.84. The maximum atomic E-state index is 12.3. The minimum atomic E-state index is -0.899. The summed E-state index contributed by atoms with van der Waals surface area (Å²) >= 11 is 0. The molecule has 0 bridgehead atoms. The summed E-state index contributed by atoms with van der Waals surface area (Å²) < 4.78 is 5.25. The Hall–Kier alpha value is -1.35. The number of ketones is 1. The van der Waals surface area contributed by atoms with Gasteiger partial charge in [-0.25, -0.2) is 0 Å². The van der Waals surface area contributed by atoms with Gasteiger partial charge in [0.15, 0.2) is 5.78 Å². The van der Waals surface area contributed by atoms with E-state index in [1.54, 1.807) is 21.0 Å². The number of methoxy groups -OCH3 is 1. The highest BCUT2D eigenvalue weighted by Crippen LogP contribution is 2.29. The van der Waals surface area contributed by atoms with Crippen molar-refractivity contribution in [3.63, 3.8) is 0 Å². The van der Waals surface area contributed by atoms with Gasteiger partial charge in [-0.05, 0) is 37.0 Å². The standard InChI is InChI=1S/C15H23NO2/c1-14(2,3)10-7-8-12(18-6)11(9-10)13(17)15(4,5)16/h7-9H,16H2,1-6H3. The molecule has 100 valence electrons. The van der Waals surface area contributed by atoms with E-state index < -0.39 is 5.54 Å². The maximum Gasteiger partial charge on any atom is 0.185 e. The number of nitrogens with two attached hydrogens (primary N) is 1. The van der Waals surface area contributed by atoms with Crippen LogP contribution in [0.3, 0.4) is 0 Å². The van der Waals surface area contributed by atoms with Crippen LogP contribution in [0.25, 0.3) is 0 Å². The van der Waals surface area contributed by atoms with E-state index in [4.69, 9.17) is 10.5 Å². The van der Waals surface area contributed by atoms with E-state index in [1.165, 1.54) is 0 Å². The molecule has 0 saturated heterocycles. The third-order valence-corrected chi connectivity index (χ3v) is 2.90. The van der Waals surface area contributed by atoms with Gasteiger partial charge in [0.1, 0.15) is 5.75 Å². The molecule has 0 radical (unpaired) electrons. The highest BCUT2D eigenvalue weighted by molar-refractivity contribution is 6.04. The van der Waals surface area contributed by atoms with Crippen LogP contribution in [0.5, 0.6) is 5.75 Å². The number of ether oxygens (including phenoxy) is 1. The second-order valence-corrected chi connectivity index (χ2v) is 6.22. The molecule has 0 aliphatic carbocycles. The van der Waals surface area contributed by atoms with Crippen LogP contribution >= 0.6 is 0 Å². The SMILES string of the molecule is COc1ccc(C(C)(C)C)cc1C(=O)C(C)(C)N. The third kappa shape index (κ3) is 3.10. The average Bonchev–Trinajstić information content (AvgIpc) is 2.24. The zero-order valence-electron chi connectivity index (χ0n) is 12.1. The van der Waals surface area contributed by atoms with Gasteiger partial charge in [0, 0.05) is 0 Å². The van der Waals surface area contributed by atoms with Crippen LogP contribution in [0.2, 0.25) is 0 Å². The first-order valence-corrected chi connectivity index (χ1v) is 6.09. The van der Waals surface area contributed by atoms with Crippen molar-refractivity contribution >= 4 is 5.78 Å². The van der Waals surface area contributed by atoms with Crippen molar-refractivity contribution in [1.29, 1.82) is 0 Å². The van der Waals surface area contributed by atoms with Crippen molar-refractivity contribution in [2.24, 2.45) is 5.73 Å². The number of hydrogen-bond acceptors (Lipinski definition) is 3. The Morgan fingerprint density at radius 3 is 2.11 bits per heavy atom. The van der Waals surface area contributed by atoms with Gasteiger partial charge in [-0.1, -0.05) is 26.8 Å². The predicted molar refractivity (Wildman–Crippen MR) is 74.3 cm³/mol. The topological polar surface area (TPSA) is 52.3 Å². The van der Waals surface area contributed by atoms with Gasteiger partial charge in [-0.15, -0.1) is 0 Å². The number of carbonyl (C=O) groups is 1. The molecule has 3 heteroatoms. The van der Waals surface area contributed by atoms with Crippen LogP contribution < -0.4 is 10.5 Å². The molecule has 0 unspecified atom stereocenters. The molecule has 0 aliphatic rings. The molecule has 0 saturated carbocycles. The van der Waals surface area contributed by atoms with E-state index in [0.717, 1.165) is 5.56 Å². The molecule has 1 aromatic rings. The lowest BCUT2D eigenvalue weighted by Gasteiger charge is -2.23. The van der Waals surface area contributed by atoms with Gasteiger partial charge in [-0.2, -0.15) is 0 Å². The largest absolute Gasteiger partial charge is 0.496 e. The van der Waals surface area contributed by atoms with Crippen molar-refractivity contribution < 1.29 is 9.53 Å². The van der Waals surface area contributed by atoms with E-state index in [1.807, 2.05) is 18.2 Å². The van der Waals surface area contributed by atoms with Crippen LogP contribution in [0.1, 0.15) is 50.5 Å². The Kier molecular flexibility index (Phi) is 3.86. The minimum absolute atomic E-state index is 0.0138. The molecular formula is C15H23NO2. The van der Waals surface area contributed by atoms with Crippen molar-refractivity contribution in [2.75, 3.05) is 7.11 Å². The van der Waals surface area contributed by atoms with Gasteiger partial charge in [0.05, 0.1) is 18.2 Å². The van der Waals surface area contributed by atoms with Crippen molar-refractivity contribution in [3.8, 4) is 5.75 Å². The van der Waals surface area contributed by atoms with Crippen LogP contribution in [-0.2, 0) is 5.41 Å². The molecule has 0 aliphatic heterocycles. The summed E-state index contributed by atoms with van der Waals surface area (Å²) in [6, 6.07) is 5.70. The Bertz CT molecular complexity index is 451. The summed E-state index contributed by atoms with van der Waals surface area (Å²) in [5, 5.41) is 0. The van der Waals surface area contributed by atoms with Crippen molar-refractivity contribution in [2.45, 2.75) is 45.6 Å². The van der Waals surface area contributed by atoms with Crippen LogP contribution in [-0.4, -0.2) is 18.4 Å². The molecule has 0 atom stereocenters. The van der Waals surface area contributed by atoms with Gasteiger partial charge in [0.2, 0.25) is 0 Å². The quantitative estimate of drug-likeness (QED) is 0.838. The zero-order valence-corrected chi connectivity index (χ0v) is 12.1. The predicted octanol–water partition coefficient (Wildman–Crippen LogP) is 2.91. The number of rotatable bonds is 3. The first kappa shape index (κ1) is 14.7. The Morgan fingerprint density at radius 1 is 1.17 bits per heavy atom. The number of hydrogen-bond donors (Lipinski definition) is 1. The van der Waals surface area contributed by atoms with Gasteiger partial charge in [0.25, 0.3) is 0 Å². The Balaban J connectivity index is 3.36. The molecule has 0 heterocycles. The smallest absolute Gasteiger partial charge is 0.185 e. The number of benzene rings is 1. The lowest BCUT2D eigenvalue weighted by Crippen LogP contribution is -2.41. The molecule has 1 aromatic carbocycles. The second-order valence-electron chi connectivity index (χ2n) is 6.22. The number of Topliss-reactive ketones (excluding diaryl/α,β-unsaturated/α-hetero) is 1. The van der Waals surface area contributed by atoms with Crippen LogP contribution in [0.4, 0.5) is 0 Å². The summed E-state index contributed by atoms with van der Waals surface area (Å²) in [6.07, 6.45) is 0. The third-order valence-electron chi connectivity index (χ3n) is 2.90. The fourth-order valence-electron chi connectivity index (χ4n) is 1.70. The van der Waals surface area contributed by atoms with E-state index in [2.05, 4.69) is 20.8 Å². The second kappa shape index (κ2) is 4.73. The lowest BCUT2D eigenvalue weighted by molar-refractivity contribution is 0.0910.